The molecule has 5 nitrogen and oxygen atoms in total. The first-order chi connectivity index (χ1) is 13.1. The van der Waals surface area contributed by atoms with Crippen LogP contribution in [0.15, 0.2) is 77.9 Å². The van der Waals surface area contributed by atoms with Gasteiger partial charge in [0.15, 0.2) is 5.11 Å². The van der Waals surface area contributed by atoms with Crippen LogP contribution in [0, 0.1) is 0 Å². The summed E-state index contributed by atoms with van der Waals surface area (Å²) in [4.78, 5) is 12.2. The molecule has 0 spiro atoms. The minimum Gasteiger partial charge on any atom is -0.423 e. The molecule has 0 aliphatic rings. The number of rotatable bonds is 5. The van der Waals surface area contributed by atoms with Crippen LogP contribution in [-0.4, -0.2) is 17.3 Å². The second-order valence-corrected chi connectivity index (χ2v) is 6.04. The molecule has 134 valence electrons. The van der Waals surface area contributed by atoms with Crippen molar-refractivity contribution in [2.24, 2.45) is 10.8 Å². The second-order valence-electron chi connectivity index (χ2n) is 5.60. The zero-order valence-corrected chi connectivity index (χ0v) is 15.1. The Labute approximate surface area is 162 Å². The number of nitrogens with one attached hydrogen (secondary N) is 1. The maximum Gasteiger partial charge on any atom is 0.336 e. The number of hydrogen-bond acceptors (Lipinski definition) is 4. The average Bonchev–Trinajstić information content (AvgIpc) is 2.68. The summed E-state index contributed by atoms with van der Waals surface area (Å²) >= 11 is 4.75. The highest BCUT2D eigenvalue weighted by atomic mass is 32.1. The van der Waals surface area contributed by atoms with Crippen molar-refractivity contribution in [2.75, 3.05) is 0 Å². The topological polar surface area (TPSA) is 76.7 Å². The lowest BCUT2D eigenvalue weighted by molar-refractivity contribution is -0.128. The van der Waals surface area contributed by atoms with Gasteiger partial charge in [-0.3, -0.25) is 5.43 Å². The number of carbonyl (C=O) groups is 1. The van der Waals surface area contributed by atoms with Crippen LogP contribution in [0.1, 0.15) is 11.1 Å². The minimum atomic E-state index is -0.480. The molecule has 0 amide bonds. The standard InChI is InChI=1S/C21H17N3O2S/c22-21(27)24-23-14-18-17-9-5-4-8-16(17)11-12-19(18)26-20(25)13-10-15-6-2-1-3-7-15/h1-14H,(H3,22,24,27). The fourth-order valence-electron chi connectivity index (χ4n) is 2.53. The number of benzene rings is 3. The van der Waals surface area contributed by atoms with Gasteiger partial charge in [-0.1, -0.05) is 60.7 Å². The van der Waals surface area contributed by atoms with E-state index in [-0.39, 0.29) is 5.11 Å². The molecule has 0 aliphatic carbocycles. The van der Waals surface area contributed by atoms with Crippen LogP contribution in [-0.2, 0) is 4.79 Å². The third-order valence-corrected chi connectivity index (χ3v) is 3.81. The first-order valence-electron chi connectivity index (χ1n) is 8.19. The summed E-state index contributed by atoms with van der Waals surface area (Å²) in [5, 5.41) is 5.94. The lowest BCUT2D eigenvalue weighted by Crippen LogP contribution is -2.24. The molecule has 0 fully saturated rings. The molecule has 3 aromatic rings. The Balaban J connectivity index is 1.88. The van der Waals surface area contributed by atoms with Gasteiger partial charge in [0.25, 0.3) is 0 Å². The first kappa shape index (κ1) is 18.3. The van der Waals surface area contributed by atoms with Crippen LogP contribution in [0.2, 0.25) is 0 Å². The number of thiocarbonyl (C=S) groups is 1. The number of nitrogens with two attached hydrogens (primary N) is 1. The van der Waals surface area contributed by atoms with Crippen LogP contribution in [0.3, 0.4) is 0 Å². The molecule has 0 bridgehead atoms. The van der Waals surface area contributed by atoms with Gasteiger partial charge in [0.1, 0.15) is 5.75 Å². The van der Waals surface area contributed by atoms with Gasteiger partial charge < -0.3 is 10.5 Å². The summed E-state index contributed by atoms with van der Waals surface area (Å²) < 4.78 is 5.52. The molecule has 3 aromatic carbocycles. The zero-order valence-electron chi connectivity index (χ0n) is 14.3. The van der Waals surface area contributed by atoms with Crippen LogP contribution in [0.25, 0.3) is 16.8 Å². The molecule has 0 saturated heterocycles. The Morgan fingerprint density at radius 1 is 1.04 bits per heavy atom. The molecule has 0 saturated carbocycles. The zero-order chi connectivity index (χ0) is 19.1. The van der Waals surface area contributed by atoms with E-state index in [0.29, 0.717) is 11.3 Å². The van der Waals surface area contributed by atoms with Gasteiger partial charge in [-0.05, 0) is 40.7 Å². The third kappa shape index (κ3) is 4.99. The second kappa shape index (κ2) is 8.73. The number of hydrogen-bond donors (Lipinski definition) is 2. The van der Waals surface area contributed by atoms with E-state index in [1.165, 1.54) is 12.3 Å². The smallest absolute Gasteiger partial charge is 0.336 e. The molecule has 0 aliphatic heterocycles. The third-order valence-electron chi connectivity index (χ3n) is 3.72. The van der Waals surface area contributed by atoms with E-state index in [4.69, 9.17) is 22.7 Å². The van der Waals surface area contributed by atoms with Crippen molar-refractivity contribution in [1.29, 1.82) is 0 Å². The molecular weight excluding hydrogens is 358 g/mol. The number of ether oxygens (including phenoxy) is 1. The molecule has 0 aromatic heterocycles. The Bertz CT molecular complexity index is 1030. The van der Waals surface area contributed by atoms with Crippen molar-refractivity contribution in [3.8, 4) is 5.75 Å². The van der Waals surface area contributed by atoms with Crippen molar-refractivity contribution in [2.45, 2.75) is 0 Å². The molecule has 3 N–H and O–H groups in total. The van der Waals surface area contributed by atoms with Crippen molar-refractivity contribution < 1.29 is 9.53 Å². The maximum atomic E-state index is 12.2. The van der Waals surface area contributed by atoms with Crippen molar-refractivity contribution in [3.63, 3.8) is 0 Å². The van der Waals surface area contributed by atoms with Crippen LogP contribution in [0.5, 0.6) is 5.75 Å². The number of hydrazone groups is 1. The fourth-order valence-corrected chi connectivity index (χ4v) is 2.58. The van der Waals surface area contributed by atoms with Crippen LogP contribution < -0.4 is 15.9 Å². The van der Waals surface area contributed by atoms with Gasteiger partial charge in [-0.2, -0.15) is 5.10 Å². The van der Waals surface area contributed by atoms with E-state index in [1.807, 2.05) is 60.7 Å². The van der Waals surface area contributed by atoms with Crippen molar-refractivity contribution >= 4 is 46.4 Å². The number of nitrogens with zero attached hydrogens (tertiary/aromatic N) is 1. The summed E-state index contributed by atoms with van der Waals surface area (Å²) in [6, 6.07) is 20.9. The van der Waals surface area contributed by atoms with Gasteiger partial charge >= 0.3 is 5.97 Å². The summed E-state index contributed by atoms with van der Waals surface area (Å²) in [6.45, 7) is 0. The Morgan fingerprint density at radius 2 is 1.78 bits per heavy atom. The number of esters is 1. The highest BCUT2D eigenvalue weighted by Crippen LogP contribution is 2.27. The molecule has 0 heterocycles. The number of fused-ring (bicyclic) bond motifs is 1. The van der Waals surface area contributed by atoms with E-state index < -0.39 is 5.97 Å². The Hall–Kier alpha value is -3.51. The number of carbonyl (C=O) groups excluding carboxylic acids is 1. The van der Waals surface area contributed by atoms with Gasteiger partial charge in [0, 0.05) is 11.6 Å². The molecule has 3 rings (SSSR count). The quantitative estimate of drug-likeness (QED) is 0.178. The van der Waals surface area contributed by atoms with E-state index in [1.54, 1.807) is 12.1 Å². The van der Waals surface area contributed by atoms with Crippen LogP contribution >= 0.6 is 12.2 Å². The van der Waals surface area contributed by atoms with Gasteiger partial charge in [0.05, 0.1) is 6.21 Å². The normalized spacial score (nSPS) is 11.1. The molecule has 0 radical (unpaired) electrons. The minimum absolute atomic E-state index is 0.0517. The average molecular weight is 375 g/mol. The molecule has 27 heavy (non-hydrogen) atoms. The SMILES string of the molecule is NC(=S)NN=Cc1c(OC(=O)C=Cc2ccccc2)ccc2ccccc12. The van der Waals surface area contributed by atoms with E-state index in [9.17, 15) is 4.79 Å². The van der Waals surface area contributed by atoms with Crippen LogP contribution in [0.4, 0.5) is 0 Å². The Morgan fingerprint density at radius 3 is 2.56 bits per heavy atom. The summed E-state index contributed by atoms with van der Waals surface area (Å²) in [5.74, 6) is -0.0870. The van der Waals surface area contributed by atoms with E-state index in [2.05, 4.69) is 10.5 Å². The first-order valence-corrected chi connectivity index (χ1v) is 8.59. The van der Waals surface area contributed by atoms with Gasteiger partial charge in [0.2, 0.25) is 0 Å². The predicted molar refractivity (Wildman–Crippen MR) is 113 cm³/mol. The summed E-state index contributed by atoms with van der Waals surface area (Å²) in [7, 11) is 0. The highest BCUT2D eigenvalue weighted by molar-refractivity contribution is 7.80. The molecule has 0 atom stereocenters. The maximum absolute atomic E-state index is 12.2. The van der Waals surface area contributed by atoms with E-state index >= 15 is 0 Å². The predicted octanol–water partition coefficient (Wildman–Crippen LogP) is 3.63. The lowest BCUT2D eigenvalue weighted by Gasteiger charge is -2.09. The monoisotopic (exact) mass is 375 g/mol. The molecular formula is C21H17N3O2S. The summed E-state index contributed by atoms with van der Waals surface area (Å²) in [5.41, 5.74) is 9.47. The summed E-state index contributed by atoms with van der Waals surface area (Å²) in [6.07, 6.45) is 4.62. The Kier molecular flexibility index (Phi) is 5.91. The lowest BCUT2D eigenvalue weighted by atomic mass is 10.0. The van der Waals surface area contributed by atoms with Crippen molar-refractivity contribution in [1.82, 2.24) is 5.43 Å². The highest BCUT2D eigenvalue weighted by Gasteiger charge is 2.10. The molecule has 0 unspecified atom stereocenters. The van der Waals surface area contributed by atoms with Gasteiger partial charge in [-0.25, -0.2) is 4.79 Å². The van der Waals surface area contributed by atoms with Gasteiger partial charge in [-0.15, -0.1) is 0 Å². The fraction of sp³-hybridized carbons (Fsp3) is 0. The van der Waals surface area contributed by atoms with Crippen molar-refractivity contribution in [3.05, 3.63) is 83.9 Å². The van der Waals surface area contributed by atoms with E-state index in [0.717, 1.165) is 16.3 Å². The largest absolute Gasteiger partial charge is 0.423 e. The molecule has 6 heteroatoms.